The topological polar surface area (TPSA) is 47.0 Å². The number of ether oxygens (including phenoxy) is 1. The summed E-state index contributed by atoms with van der Waals surface area (Å²) in [5.41, 5.74) is 1.81. The third-order valence-electron chi connectivity index (χ3n) is 2.67. The summed E-state index contributed by atoms with van der Waals surface area (Å²) in [6.07, 6.45) is 5.05. The lowest BCUT2D eigenvalue weighted by atomic mass is 10.0. The van der Waals surface area contributed by atoms with E-state index in [4.69, 9.17) is 16.3 Å². The number of rotatable bonds is 4. The van der Waals surface area contributed by atoms with Crippen molar-refractivity contribution in [2.24, 2.45) is 0 Å². The molecule has 4 nitrogen and oxygen atoms in total. The number of benzene rings is 1. The van der Waals surface area contributed by atoms with Gasteiger partial charge >= 0.3 is 0 Å². The van der Waals surface area contributed by atoms with Gasteiger partial charge in [0, 0.05) is 23.0 Å². The zero-order chi connectivity index (χ0) is 13.0. The van der Waals surface area contributed by atoms with Crippen LogP contribution >= 0.6 is 11.6 Å². The van der Waals surface area contributed by atoms with Crippen molar-refractivity contribution in [2.75, 3.05) is 14.2 Å². The molecule has 0 aliphatic carbocycles. The molecule has 5 heteroatoms. The summed E-state index contributed by atoms with van der Waals surface area (Å²) >= 11 is 5.96. The molecule has 18 heavy (non-hydrogen) atoms. The maximum absolute atomic E-state index is 5.96. The molecule has 1 unspecified atom stereocenters. The highest BCUT2D eigenvalue weighted by atomic mass is 35.5. The van der Waals surface area contributed by atoms with E-state index in [2.05, 4.69) is 15.3 Å². The fourth-order valence-corrected chi connectivity index (χ4v) is 2.01. The summed E-state index contributed by atoms with van der Waals surface area (Å²) in [6, 6.07) is 5.47. The van der Waals surface area contributed by atoms with Crippen LogP contribution in [0.5, 0.6) is 5.75 Å². The first-order valence-corrected chi connectivity index (χ1v) is 5.90. The molecule has 94 valence electrons. The van der Waals surface area contributed by atoms with Crippen LogP contribution in [0.15, 0.2) is 36.8 Å². The maximum atomic E-state index is 5.96. The van der Waals surface area contributed by atoms with E-state index in [-0.39, 0.29) is 6.04 Å². The number of methoxy groups -OCH3 is 1. The third-order valence-corrected chi connectivity index (χ3v) is 2.91. The van der Waals surface area contributed by atoms with Gasteiger partial charge in [-0.2, -0.15) is 0 Å². The number of hydrogen-bond acceptors (Lipinski definition) is 4. The predicted octanol–water partition coefficient (Wildman–Crippen LogP) is 2.45. The van der Waals surface area contributed by atoms with Crippen molar-refractivity contribution >= 4 is 11.6 Å². The zero-order valence-corrected chi connectivity index (χ0v) is 11.0. The van der Waals surface area contributed by atoms with Gasteiger partial charge in [0.25, 0.3) is 0 Å². The van der Waals surface area contributed by atoms with Gasteiger partial charge in [0.05, 0.1) is 25.0 Å². The van der Waals surface area contributed by atoms with E-state index in [1.807, 2.05) is 19.2 Å². The Balaban J connectivity index is 2.45. The van der Waals surface area contributed by atoms with Crippen molar-refractivity contribution in [2.45, 2.75) is 6.04 Å². The molecule has 1 heterocycles. The molecule has 0 fully saturated rings. The lowest BCUT2D eigenvalue weighted by Crippen LogP contribution is -2.19. The van der Waals surface area contributed by atoms with Crippen LogP contribution in [0, 0.1) is 0 Å². The van der Waals surface area contributed by atoms with Crippen molar-refractivity contribution < 1.29 is 4.74 Å². The predicted molar refractivity (Wildman–Crippen MR) is 70.9 cm³/mol. The maximum Gasteiger partial charge on any atom is 0.125 e. The molecular weight excluding hydrogens is 250 g/mol. The number of nitrogens with zero attached hydrogens (tertiary/aromatic N) is 2. The molecule has 0 spiro atoms. The molecule has 2 aromatic rings. The number of aromatic nitrogens is 2. The first-order chi connectivity index (χ1) is 8.76. The Bertz CT molecular complexity index is 519. The Morgan fingerprint density at radius 1 is 1.33 bits per heavy atom. The average molecular weight is 264 g/mol. The zero-order valence-electron chi connectivity index (χ0n) is 10.2. The van der Waals surface area contributed by atoms with Gasteiger partial charge in [-0.25, -0.2) is 0 Å². The summed E-state index contributed by atoms with van der Waals surface area (Å²) in [4.78, 5) is 8.39. The van der Waals surface area contributed by atoms with Gasteiger partial charge in [0.1, 0.15) is 5.75 Å². The second-order valence-electron chi connectivity index (χ2n) is 3.74. The minimum absolute atomic E-state index is 0.0779. The van der Waals surface area contributed by atoms with E-state index in [0.29, 0.717) is 5.02 Å². The number of hydrogen-bond donors (Lipinski definition) is 1. The van der Waals surface area contributed by atoms with E-state index in [9.17, 15) is 0 Å². The molecule has 0 amide bonds. The second kappa shape index (κ2) is 5.80. The van der Waals surface area contributed by atoms with E-state index >= 15 is 0 Å². The van der Waals surface area contributed by atoms with E-state index in [1.54, 1.807) is 31.8 Å². The van der Waals surface area contributed by atoms with Gasteiger partial charge in [-0.3, -0.25) is 9.97 Å². The quantitative estimate of drug-likeness (QED) is 0.920. The van der Waals surface area contributed by atoms with Crippen LogP contribution in [0.4, 0.5) is 0 Å². The average Bonchev–Trinajstić information content (AvgIpc) is 2.42. The van der Waals surface area contributed by atoms with Crippen molar-refractivity contribution in [1.29, 1.82) is 0 Å². The molecule has 0 bridgehead atoms. The smallest absolute Gasteiger partial charge is 0.125 e. The van der Waals surface area contributed by atoms with Crippen LogP contribution in [0.1, 0.15) is 17.3 Å². The Kier molecular flexibility index (Phi) is 4.12. The Hall–Kier alpha value is -1.65. The van der Waals surface area contributed by atoms with E-state index in [0.717, 1.165) is 17.0 Å². The summed E-state index contributed by atoms with van der Waals surface area (Å²) < 4.78 is 5.36. The molecule has 0 aliphatic heterocycles. The Labute approximate surface area is 111 Å². The van der Waals surface area contributed by atoms with Crippen molar-refractivity contribution in [3.8, 4) is 5.75 Å². The minimum atomic E-state index is -0.0779. The summed E-state index contributed by atoms with van der Waals surface area (Å²) in [6.45, 7) is 0. The lowest BCUT2D eigenvalue weighted by molar-refractivity contribution is 0.405. The van der Waals surface area contributed by atoms with Crippen LogP contribution in [0.3, 0.4) is 0 Å². The fraction of sp³-hybridized carbons (Fsp3) is 0.231. The van der Waals surface area contributed by atoms with Crippen LogP contribution in [-0.4, -0.2) is 24.1 Å². The van der Waals surface area contributed by atoms with Gasteiger partial charge in [-0.1, -0.05) is 17.7 Å². The molecule has 1 aromatic heterocycles. The van der Waals surface area contributed by atoms with Gasteiger partial charge in [0.15, 0.2) is 0 Å². The first kappa shape index (κ1) is 12.8. The molecule has 0 saturated heterocycles. The Morgan fingerprint density at radius 2 is 2.17 bits per heavy atom. The van der Waals surface area contributed by atoms with Crippen molar-refractivity contribution in [1.82, 2.24) is 15.3 Å². The molecule has 2 rings (SSSR count). The largest absolute Gasteiger partial charge is 0.496 e. The summed E-state index contributed by atoms with van der Waals surface area (Å²) in [7, 11) is 3.49. The molecule has 0 radical (unpaired) electrons. The molecular formula is C13H14ClN3O. The monoisotopic (exact) mass is 263 g/mol. The van der Waals surface area contributed by atoms with Gasteiger partial charge in [0.2, 0.25) is 0 Å². The van der Waals surface area contributed by atoms with Crippen LogP contribution < -0.4 is 10.1 Å². The Morgan fingerprint density at radius 3 is 2.78 bits per heavy atom. The SMILES string of the molecule is CNC(c1cnccn1)c1ccc(Cl)cc1OC. The van der Waals surface area contributed by atoms with Crippen molar-refractivity contribution in [3.63, 3.8) is 0 Å². The highest BCUT2D eigenvalue weighted by molar-refractivity contribution is 6.30. The highest BCUT2D eigenvalue weighted by Gasteiger charge is 2.18. The van der Waals surface area contributed by atoms with Crippen molar-refractivity contribution in [3.05, 3.63) is 53.1 Å². The molecule has 1 N–H and O–H groups in total. The summed E-state index contributed by atoms with van der Waals surface area (Å²) in [5.74, 6) is 0.729. The normalized spacial score (nSPS) is 12.2. The second-order valence-corrected chi connectivity index (χ2v) is 4.17. The van der Waals surface area contributed by atoms with Crippen LogP contribution in [0.25, 0.3) is 0 Å². The van der Waals surface area contributed by atoms with E-state index in [1.165, 1.54) is 0 Å². The molecule has 1 atom stereocenters. The fourth-order valence-electron chi connectivity index (χ4n) is 1.85. The molecule has 1 aromatic carbocycles. The summed E-state index contributed by atoms with van der Waals surface area (Å²) in [5, 5.41) is 3.85. The van der Waals surface area contributed by atoms with Crippen LogP contribution in [-0.2, 0) is 0 Å². The minimum Gasteiger partial charge on any atom is -0.496 e. The first-order valence-electron chi connectivity index (χ1n) is 5.53. The third kappa shape index (κ3) is 2.60. The van der Waals surface area contributed by atoms with E-state index < -0.39 is 0 Å². The number of halogens is 1. The molecule has 0 saturated carbocycles. The van der Waals surface area contributed by atoms with Gasteiger partial charge in [-0.15, -0.1) is 0 Å². The standard InChI is InChI=1S/C13H14ClN3O/c1-15-13(11-8-16-5-6-17-11)10-4-3-9(14)7-12(10)18-2/h3-8,13,15H,1-2H3. The highest BCUT2D eigenvalue weighted by Crippen LogP contribution is 2.30. The van der Waals surface area contributed by atoms with Crippen LogP contribution in [0.2, 0.25) is 5.02 Å². The lowest BCUT2D eigenvalue weighted by Gasteiger charge is -2.18. The number of nitrogens with one attached hydrogen (secondary N) is 1. The molecule has 0 aliphatic rings. The van der Waals surface area contributed by atoms with Gasteiger partial charge < -0.3 is 10.1 Å². The van der Waals surface area contributed by atoms with Gasteiger partial charge in [-0.05, 0) is 19.2 Å².